The lowest BCUT2D eigenvalue weighted by atomic mass is 10.2. The van der Waals surface area contributed by atoms with E-state index in [4.69, 9.17) is 4.74 Å². The van der Waals surface area contributed by atoms with Crippen molar-refractivity contribution in [1.29, 1.82) is 0 Å². The molecule has 4 rings (SSSR count). The van der Waals surface area contributed by atoms with Crippen LogP contribution in [0.3, 0.4) is 0 Å². The lowest BCUT2D eigenvalue weighted by Gasteiger charge is -2.07. The van der Waals surface area contributed by atoms with Crippen LogP contribution in [0.1, 0.15) is 16.2 Å². The SMILES string of the molecule is COc1ccc(-n2nc(C(=O)NCc3ccccc3)nc2-c2ccccc2)cc1. The Bertz CT molecular complexity index is 1090. The quantitative estimate of drug-likeness (QED) is 0.548. The van der Waals surface area contributed by atoms with E-state index in [9.17, 15) is 4.79 Å². The number of carbonyl (C=O) groups is 1. The highest BCUT2D eigenvalue weighted by molar-refractivity contribution is 5.91. The van der Waals surface area contributed by atoms with Crippen molar-refractivity contribution in [3.63, 3.8) is 0 Å². The molecule has 0 saturated heterocycles. The van der Waals surface area contributed by atoms with E-state index in [-0.39, 0.29) is 11.7 Å². The van der Waals surface area contributed by atoms with Gasteiger partial charge in [-0.3, -0.25) is 4.79 Å². The molecular formula is C23H20N4O2. The van der Waals surface area contributed by atoms with Crippen LogP contribution in [0.15, 0.2) is 84.9 Å². The summed E-state index contributed by atoms with van der Waals surface area (Å²) in [5, 5.41) is 7.36. The first kappa shape index (κ1) is 18.4. The summed E-state index contributed by atoms with van der Waals surface area (Å²) in [5.41, 5.74) is 2.68. The molecule has 1 amide bonds. The van der Waals surface area contributed by atoms with Gasteiger partial charge in [0.15, 0.2) is 5.82 Å². The summed E-state index contributed by atoms with van der Waals surface area (Å²) >= 11 is 0. The van der Waals surface area contributed by atoms with E-state index < -0.39 is 0 Å². The summed E-state index contributed by atoms with van der Waals surface area (Å²) in [7, 11) is 1.62. The summed E-state index contributed by atoms with van der Waals surface area (Å²) in [4.78, 5) is 17.2. The molecular weight excluding hydrogens is 364 g/mol. The van der Waals surface area contributed by atoms with Crippen molar-refractivity contribution in [2.75, 3.05) is 7.11 Å². The maximum atomic E-state index is 12.7. The van der Waals surface area contributed by atoms with E-state index in [1.54, 1.807) is 11.8 Å². The van der Waals surface area contributed by atoms with E-state index >= 15 is 0 Å². The van der Waals surface area contributed by atoms with Crippen molar-refractivity contribution in [2.24, 2.45) is 0 Å². The Balaban J connectivity index is 1.66. The normalized spacial score (nSPS) is 10.5. The molecule has 144 valence electrons. The minimum Gasteiger partial charge on any atom is -0.497 e. The number of hydrogen-bond donors (Lipinski definition) is 1. The average molecular weight is 384 g/mol. The molecule has 0 atom stereocenters. The Morgan fingerprint density at radius 2 is 1.59 bits per heavy atom. The number of hydrogen-bond acceptors (Lipinski definition) is 4. The van der Waals surface area contributed by atoms with Crippen LogP contribution in [-0.2, 0) is 6.54 Å². The van der Waals surface area contributed by atoms with Gasteiger partial charge in [-0.05, 0) is 29.8 Å². The molecule has 0 aliphatic rings. The molecule has 1 aromatic heterocycles. The second kappa shape index (κ2) is 8.39. The number of amides is 1. The lowest BCUT2D eigenvalue weighted by Crippen LogP contribution is -2.24. The van der Waals surface area contributed by atoms with Crippen molar-refractivity contribution in [3.05, 3.63) is 96.3 Å². The third kappa shape index (κ3) is 4.16. The molecule has 0 aliphatic heterocycles. The zero-order chi connectivity index (χ0) is 20.1. The van der Waals surface area contributed by atoms with Gasteiger partial charge in [0.1, 0.15) is 5.75 Å². The minimum atomic E-state index is -0.321. The van der Waals surface area contributed by atoms with Crippen LogP contribution in [-0.4, -0.2) is 27.8 Å². The van der Waals surface area contributed by atoms with Crippen LogP contribution < -0.4 is 10.1 Å². The van der Waals surface area contributed by atoms with Crippen molar-refractivity contribution >= 4 is 5.91 Å². The van der Waals surface area contributed by atoms with Gasteiger partial charge < -0.3 is 10.1 Å². The molecule has 1 N–H and O–H groups in total. The monoisotopic (exact) mass is 384 g/mol. The van der Waals surface area contributed by atoms with Gasteiger partial charge in [-0.15, -0.1) is 5.10 Å². The molecule has 29 heavy (non-hydrogen) atoms. The highest BCUT2D eigenvalue weighted by atomic mass is 16.5. The Hall–Kier alpha value is -3.93. The van der Waals surface area contributed by atoms with Gasteiger partial charge >= 0.3 is 0 Å². The predicted octanol–water partition coefficient (Wildman–Crippen LogP) is 3.87. The lowest BCUT2D eigenvalue weighted by molar-refractivity contribution is 0.0940. The van der Waals surface area contributed by atoms with Crippen molar-refractivity contribution in [2.45, 2.75) is 6.54 Å². The zero-order valence-corrected chi connectivity index (χ0v) is 15.9. The predicted molar refractivity (Wildman–Crippen MR) is 111 cm³/mol. The molecule has 6 nitrogen and oxygen atoms in total. The van der Waals surface area contributed by atoms with Crippen LogP contribution in [0, 0.1) is 0 Å². The van der Waals surface area contributed by atoms with Crippen LogP contribution in [0.25, 0.3) is 17.1 Å². The molecule has 3 aromatic carbocycles. The van der Waals surface area contributed by atoms with Crippen molar-refractivity contribution < 1.29 is 9.53 Å². The zero-order valence-electron chi connectivity index (χ0n) is 15.9. The third-order valence-electron chi connectivity index (χ3n) is 4.46. The van der Waals surface area contributed by atoms with E-state index in [1.165, 1.54) is 0 Å². The molecule has 0 spiro atoms. The highest BCUT2D eigenvalue weighted by Gasteiger charge is 2.18. The average Bonchev–Trinajstić information content (AvgIpc) is 3.24. The van der Waals surface area contributed by atoms with Crippen LogP contribution in [0.2, 0.25) is 0 Å². The minimum absolute atomic E-state index is 0.121. The van der Waals surface area contributed by atoms with Gasteiger partial charge in [0.05, 0.1) is 12.8 Å². The fourth-order valence-corrected chi connectivity index (χ4v) is 2.94. The molecule has 0 fully saturated rings. The standard InChI is InChI=1S/C23H20N4O2/c1-29-20-14-12-19(13-15-20)27-22(18-10-6-3-7-11-18)25-21(26-27)23(28)24-16-17-8-4-2-5-9-17/h2-15H,16H2,1H3,(H,24,28). The topological polar surface area (TPSA) is 69.0 Å². The highest BCUT2D eigenvalue weighted by Crippen LogP contribution is 2.22. The van der Waals surface area contributed by atoms with Crippen LogP contribution in [0.5, 0.6) is 5.75 Å². The first-order chi connectivity index (χ1) is 14.2. The molecule has 0 saturated carbocycles. The van der Waals surface area contributed by atoms with Gasteiger partial charge in [-0.25, -0.2) is 9.67 Å². The van der Waals surface area contributed by atoms with Gasteiger partial charge in [0, 0.05) is 12.1 Å². The molecule has 0 unspecified atom stereocenters. The number of benzene rings is 3. The van der Waals surface area contributed by atoms with E-state index in [2.05, 4.69) is 15.4 Å². The summed E-state index contributed by atoms with van der Waals surface area (Å²) < 4.78 is 6.90. The van der Waals surface area contributed by atoms with Crippen LogP contribution in [0.4, 0.5) is 0 Å². The molecule has 0 aliphatic carbocycles. The smallest absolute Gasteiger partial charge is 0.291 e. The third-order valence-corrected chi connectivity index (χ3v) is 4.46. The van der Waals surface area contributed by atoms with Crippen molar-refractivity contribution in [1.82, 2.24) is 20.1 Å². The maximum absolute atomic E-state index is 12.7. The van der Waals surface area contributed by atoms with E-state index in [0.29, 0.717) is 12.4 Å². The van der Waals surface area contributed by atoms with Gasteiger partial charge in [0.25, 0.3) is 5.91 Å². The number of carbonyl (C=O) groups excluding carboxylic acids is 1. The maximum Gasteiger partial charge on any atom is 0.291 e. The molecule has 0 radical (unpaired) electrons. The molecule has 1 heterocycles. The number of aromatic nitrogens is 3. The van der Waals surface area contributed by atoms with Gasteiger partial charge in [-0.1, -0.05) is 60.7 Å². The number of ether oxygens (including phenoxy) is 1. The summed E-state index contributed by atoms with van der Waals surface area (Å²) in [5.74, 6) is 1.14. The Kier molecular flexibility index (Phi) is 5.33. The second-order valence-corrected chi connectivity index (χ2v) is 6.40. The number of methoxy groups -OCH3 is 1. The Morgan fingerprint density at radius 1 is 0.931 bits per heavy atom. The molecule has 0 bridgehead atoms. The summed E-state index contributed by atoms with van der Waals surface area (Å²) in [6.45, 7) is 0.414. The molecule has 6 heteroatoms. The first-order valence-electron chi connectivity index (χ1n) is 9.23. The number of nitrogens with one attached hydrogen (secondary N) is 1. The van der Waals surface area contributed by atoms with Gasteiger partial charge in [-0.2, -0.15) is 0 Å². The van der Waals surface area contributed by atoms with Crippen LogP contribution >= 0.6 is 0 Å². The van der Waals surface area contributed by atoms with E-state index in [1.807, 2.05) is 84.9 Å². The Labute approximate surface area is 168 Å². The van der Waals surface area contributed by atoms with Crippen molar-refractivity contribution in [3.8, 4) is 22.8 Å². The summed E-state index contributed by atoms with van der Waals surface area (Å²) in [6, 6.07) is 26.9. The number of rotatable bonds is 6. The first-order valence-corrected chi connectivity index (χ1v) is 9.23. The fourth-order valence-electron chi connectivity index (χ4n) is 2.94. The van der Waals surface area contributed by atoms with Gasteiger partial charge in [0.2, 0.25) is 5.82 Å². The number of nitrogens with zero attached hydrogens (tertiary/aromatic N) is 3. The fraction of sp³-hybridized carbons (Fsp3) is 0.0870. The molecule has 4 aromatic rings. The summed E-state index contributed by atoms with van der Waals surface area (Å²) in [6.07, 6.45) is 0. The Morgan fingerprint density at radius 3 is 2.24 bits per heavy atom. The van der Waals surface area contributed by atoms with E-state index in [0.717, 1.165) is 22.6 Å². The second-order valence-electron chi connectivity index (χ2n) is 6.40. The largest absolute Gasteiger partial charge is 0.497 e.